The van der Waals surface area contributed by atoms with Gasteiger partial charge in [-0.05, 0) is 30.2 Å². The Balaban J connectivity index is 1.53. The number of hydrazone groups is 1. The SMILES string of the molecule is O=C(N/N=C/C1CC2C=CC1C2)C(O)c1ccccc1. The minimum atomic E-state index is -1.17. The topological polar surface area (TPSA) is 61.7 Å². The molecular weight excluding hydrogens is 252 g/mol. The van der Waals surface area contributed by atoms with E-state index in [1.807, 2.05) is 12.3 Å². The third-order valence-electron chi connectivity index (χ3n) is 4.13. The molecule has 104 valence electrons. The number of carbonyl (C=O) groups is 1. The van der Waals surface area contributed by atoms with Gasteiger partial charge in [0, 0.05) is 12.1 Å². The lowest BCUT2D eigenvalue weighted by Crippen LogP contribution is -2.25. The van der Waals surface area contributed by atoms with Crippen molar-refractivity contribution in [1.29, 1.82) is 0 Å². The van der Waals surface area contributed by atoms with Crippen molar-refractivity contribution in [1.82, 2.24) is 5.43 Å². The maximum Gasteiger partial charge on any atom is 0.273 e. The number of allylic oxidation sites excluding steroid dienone is 2. The molecule has 0 aliphatic heterocycles. The lowest BCUT2D eigenvalue weighted by Gasteiger charge is -2.12. The van der Waals surface area contributed by atoms with Gasteiger partial charge < -0.3 is 5.11 Å². The van der Waals surface area contributed by atoms with Crippen LogP contribution in [0.5, 0.6) is 0 Å². The number of aliphatic hydroxyl groups excluding tert-OH is 1. The molecule has 0 heterocycles. The van der Waals surface area contributed by atoms with Gasteiger partial charge in [0.25, 0.3) is 5.91 Å². The number of rotatable bonds is 4. The van der Waals surface area contributed by atoms with Crippen molar-refractivity contribution >= 4 is 12.1 Å². The van der Waals surface area contributed by atoms with Crippen molar-refractivity contribution in [2.45, 2.75) is 18.9 Å². The summed E-state index contributed by atoms with van der Waals surface area (Å²) in [5.74, 6) is 1.17. The Morgan fingerprint density at radius 3 is 2.75 bits per heavy atom. The third-order valence-corrected chi connectivity index (χ3v) is 4.13. The largest absolute Gasteiger partial charge is 0.378 e. The summed E-state index contributed by atoms with van der Waals surface area (Å²) in [4.78, 5) is 11.8. The highest BCUT2D eigenvalue weighted by Gasteiger charge is 2.34. The Labute approximate surface area is 118 Å². The molecule has 4 heteroatoms. The fourth-order valence-corrected chi connectivity index (χ4v) is 3.04. The molecule has 2 bridgehead atoms. The number of amides is 1. The molecule has 2 aliphatic carbocycles. The molecule has 1 amide bonds. The molecule has 3 rings (SSSR count). The second-order valence-corrected chi connectivity index (χ2v) is 5.51. The summed E-state index contributed by atoms with van der Waals surface area (Å²) < 4.78 is 0. The van der Waals surface area contributed by atoms with Crippen LogP contribution >= 0.6 is 0 Å². The Kier molecular flexibility index (Phi) is 3.65. The molecule has 0 aromatic heterocycles. The van der Waals surface area contributed by atoms with E-state index in [-0.39, 0.29) is 0 Å². The molecule has 4 unspecified atom stereocenters. The average Bonchev–Trinajstić information content (AvgIpc) is 3.10. The van der Waals surface area contributed by atoms with E-state index >= 15 is 0 Å². The zero-order valence-corrected chi connectivity index (χ0v) is 11.1. The van der Waals surface area contributed by atoms with E-state index in [1.165, 1.54) is 6.42 Å². The standard InChI is InChI=1S/C16H18N2O2/c19-15(12-4-2-1-3-5-12)16(20)18-17-10-14-9-11-6-7-13(14)8-11/h1-7,10-11,13-15,19H,8-9H2,(H,18,20)/b17-10+. The minimum Gasteiger partial charge on any atom is -0.378 e. The average molecular weight is 270 g/mol. The monoisotopic (exact) mass is 270 g/mol. The van der Waals surface area contributed by atoms with Gasteiger partial charge in [0.15, 0.2) is 6.10 Å². The zero-order valence-electron chi connectivity index (χ0n) is 11.1. The summed E-state index contributed by atoms with van der Waals surface area (Å²) in [5.41, 5.74) is 3.00. The number of hydrogen-bond acceptors (Lipinski definition) is 3. The molecule has 0 spiro atoms. The first-order valence-corrected chi connectivity index (χ1v) is 6.98. The maximum atomic E-state index is 11.8. The predicted molar refractivity (Wildman–Crippen MR) is 76.9 cm³/mol. The van der Waals surface area contributed by atoms with Crippen molar-refractivity contribution in [3.8, 4) is 0 Å². The predicted octanol–water partition coefficient (Wildman–Crippen LogP) is 2.03. The van der Waals surface area contributed by atoms with Gasteiger partial charge in [-0.1, -0.05) is 42.5 Å². The van der Waals surface area contributed by atoms with E-state index in [2.05, 4.69) is 22.7 Å². The first kappa shape index (κ1) is 13.1. The molecule has 2 N–H and O–H groups in total. The van der Waals surface area contributed by atoms with Crippen LogP contribution in [0.2, 0.25) is 0 Å². The van der Waals surface area contributed by atoms with Crippen molar-refractivity contribution in [2.24, 2.45) is 22.9 Å². The highest BCUT2D eigenvalue weighted by atomic mass is 16.3. The van der Waals surface area contributed by atoms with Crippen LogP contribution in [0.4, 0.5) is 0 Å². The molecule has 20 heavy (non-hydrogen) atoms. The van der Waals surface area contributed by atoms with Gasteiger partial charge in [-0.3, -0.25) is 4.79 Å². The van der Waals surface area contributed by atoms with Gasteiger partial charge >= 0.3 is 0 Å². The van der Waals surface area contributed by atoms with Gasteiger partial charge in [-0.15, -0.1) is 0 Å². The van der Waals surface area contributed by atoms with Crippen LogP contribution in [0.3, 0.4) is 0 Å². The Morgan fingerprint density at radius 1 is 1.30 bits per heavy atom. The van der Waals surface area contributed by atoms with Gasteiger partial charge in [-0.25, -0.2) is 5.43 Å². The van der Waals surface area contributed by atoms with E-state index in [4.69, 9.17) is 0 Å². The summed E-state index contributed by atoms with van der Waals surface area (Å²) in [5, 5.41) is 13.9. The van der Waals surface area contributed by atoms with E-state index in [1.54, 1.807) is 24.3 Å². The number of hydrogen-bond donors (Lipinski definition) is 2. The number of fused-ring (bicyclic) bond motifs is 2. The van der Waals surface area contributed by atoms with Gasteiger partial charge in [0.05, 0.1) is 0 Å². The second-order valence-electron chi connectivity index (χ2n) is 5.51. The highest BCUT2D eigenvalue weighted by Crippen LogP contribution is 2.42. The molecule has 2 aliphatic rings. The normalized spacial score (nSPS) is 28.9. The second kappa shape index (κ2) is 5.59. The minimum absolute atomic E-state index is 0.416. The maximum absolute atomic E-state index is 11.8. The first-order valence-electron chi connectivity index (χ1n) is 6.98. The van der Waals surface area contributed by atoms with Crippen LogP contribution in [0.1, 0.15) is 24.5 Å². The van der Waals surface area contributed by atoms with Crippen LogP contribution < -0.4 is 5.43 Å². The number of nitrogens with zero attached hydrogens (tertiary/aromatic N) is 1. The molecule has 0 radical (unpaired) electrons. The molecule has 4 nitrogen and oxygen atoms in total. The first-order chi connectivity index (χ1) is 9.74. The lowest BCUT2D eigenvalue weighted by atomic mass is 9.95. The molecule has 1 saturated carbocycles. The quantitative estimate of drug-likeness (QED) is 0.499. The highest BCUT2D eigenvalue weighted by molar-refractivity contribution is 5.82. The van der Waals surface area contributed by atoms with Crippen LogP contribution in [0.25, 0.3) is 0 Å². The molecule has 1 fully saturated rings. The summed E-state index contributed by atoms with van der Waals surface area (Å²) in [6.45, 7) is 0. The third kappa shape index (κ3) is 2.65. The Morgan fingerprint density at radius 2 is 2.10 bits per heavy atom. The number of aliphatic hydroxyl groups is 1. The number of benzene rings is 1. The molecule has 0 saturated heterocycles. The number of carbonyl (C=O) groups excluding carboxylic acids is 1. The van der Waals surface area contributed by atoms with Gasteiger partial charge in [0.1, 0.15) is 0 Å². The van der Waals surface area contributed by atoms with Crippen molar-refractivity contribution in [2.75, 3.05) is 0 Å². The van der Waals surface area contributed by atoms with Crippen LogP contribution in [-0.2, 0) is 4.79 Å². The Hall–Kier alpha value is -1.94. The zero-order chi connectivity index (χ0) is 13.9. The van der Waals surface area contributed by atoms with Crippen LogP contribution in [-0.4, -0.2) is 17.2 Å². The summed E-state index contributed by atoms with van der Waals surface area (Å²) in [6, 6.07) is 8.85. The van der Waals surface area contributed by atoms with Crippen LogP contribution in [0, 0.1) is 17.8 Å². The summed E-state index contributed by atoms with van der Waals surface area (Å²) in [6.07, 6.45) is 7.47. The van der Waals surface area contributed by atoms with E-state index in [0.29, 0.717) is 23.3 Å². The molecule has 1 aromatic rings. The summed E-state index contributed by atoms with van der Waals surface area (Å²) in [7, 11) is 0. The van der Waals surface area contributed by atoms with Gasteiger partial charge in [0.2, 0.25) is 0 Å². The molecular formula is C16H18N2O2. The van der Waals surface area contributed by atoms with E-state index in [0.717, 1.165) is 6.42 Å². The van der Waals surface area contributed by atoms with E-state index < -0.39 is 12.0 Å². The van der Waals surface area contributed by atoms with Crippen LogP contribution in [0.15, 0.2) is 47.6 Å². The smallest absolute Gasteiger partial charge is 0.273 e. The van der Waals surface area contributed by atoms with Crippen molar-refractivity contribution in [3.05, 3.63) is 48.0 Å². The van der Waals surface area contributed by atoms with Crippen molar-refractivity contribution in [3.63, 3.8) is 0 Å². The molecule has 1 aromatic carbocycles. The fourth-order valence-electron chi connectivity index (χ4n) is 3.04. The number of nitrogens with one attached hydrogen (secondary N) is 1. The fraction of sp³-hybridized carbons (Fsp3) is 0.375. The Bertz CT molecular complexity index is 539. The van der Waals surface area contributed by atoms with Crippen molar-refractivity contribution < 1.29 is 9.90 Å². The van der Waals surface area contributed by atoms with E-state index in [9.17, 15) is 9.90 Å². The lowest BCUT2D eigenvalue weighted by molar-refractivity contribution is -0.129. The molecule has 4 atom stereocenters. The summed E-state index contributed by atoms with van der Waals surface area (Å²) >= 11 is 0. The van der Waals surface area contributed by atoms with Gasteiger partial charge in [-0.2, -0.15) is 5.10 Å².